The Morgan fingerprint density at radius 1 is 1.21 bits per heavy atom. The zero-order valence-corrected chi connectivity index (χ0v) is 14.6. The van der Waals surface area contributed by atoms with Crippen LogP contribution in [-0.4, -0.2) is 29.9 Å². The molecule has 0 aliphatic rings. The Balaban J connectivity index is 1.88. The fourth-order valence-electron chi connectivity index (χ4n) is 2.69. The van der Waals surface area contributed by atoms with Crippen LogP contribution < -0.4 is 5.32 Å². The van der Waals surface area contributed by atoms with Gasteiger partial charge in [0.05, 0.1) is 11.6 Å². The van der Waals surface area contributed by atoms with E-state index in [1.165, 1.54) is 17.1 Å². The number of nitrogens with one attached hydrogen (secondary N) is 2. The first-order valence-electron chi connectivity index (χ1n) is 8.19. The second-order valence-corrected chi connectivity index (χ2v) is 6.05. The van der Waals surface area contributed by atoms with E-state index in [0.29, 0.717) is 11.2 Å². The van der Waals surface area contributed by atoms with E-state index in [9.17, 15) is 4.39 Å². The van der Waals surface area contributed by atoms with Crippen molar-refractivity contribution in [3.63, 3.8) is 0 Å². The molecule has 0 saturated heterocycles. The highest BCUT2D eigenvalue weighted by atomic mass is 19.3. The lowest BCUT2D eigenvalue weighted by molar-refractivity contribution is 0.0332. The normalized spacial score (nSPS) is 11.7. The number of nitrogens with zero attached hydrogens (tertiary/aromatic N) is 5. The minimum atomic E-state index is -3.56. The van der Waals surface area contributed by atoms with Gasteiger partial charge in [0.15, 0.2) is 11.5 Å². The van der Waals surface area contributed by atoms with Gasteiger partial charge in [0, 0.05) is 23.5 Å². The maximum Gasteiger partial charge on any atom is 0.331 e. The van der Waals surface area contributed by atoms with Crippen molar-refractivity contribution in [3.8, 4) is 0 Å². The summed E-state index contributed by atoms with van der Waals surface area (Å²) in [4.78, 5) is 8.01. The largest absolute Gasteiger partial charge is 0.331 e. The van der Waals surface area contributed by atoms with Crippen LogP contribution in [0.4, 0.5) is 24.8 Å². The maximum atomic E-state index is 15.1. The Kier molecular flexibility index (Phi) is 4.10. The summed E-state index contributed by atoms with van der Waals surface area (Å²) in [6, 6.07) is 5.61. The fraction of sp³-hybridized carbons (Fsp3) is 0.111. The van der Waals surface area contributed by atoms with Gasteiger partial charge >= 0.3 is 5.92 Å². The van der Waals surface area contributed by atoms with Crippen molar-refractivity contribution in [2.24, 2.45) is 0 Å². The van der Waals surface area contributed by atoms with Crippen LogP contribution in [0, 0.1) is 12.7 Å². The predicted octanol–water partition coefficient (Wildman–Crippen LogP) is 3.98. The molecule has 3 aromatic heterocycles. The molecule has 0 spiro atoms. The number of anilines is 2. The summed E-state index contributed by atoms with van der Waals surface area (Å²) in [5.74, 6) is -4.42. The fourth-order valence-corrected chi connectivity index (χ4v) is 2.69. The number of halogens is 3. The molecular formula is C18H14F3N7. The number of hydrogen-bond acceptors (Lipinski definition) is 5. The van der Waals surface area contributed by atoms with Gasteiger partial charge in [-0.2, -0.15) is 19.0 Å². The highest BCUT2D eigenvalue weighted by Crippen LogP contribution is 2.36. The number of aromatic amines is 1. The lowest BCUT2D eigenvalue weighted by Gasteiger charge is -2.16. The zero-order valence-electron chi connectivity index (χ0n) is 14.6. The van der Waals surface area contributed by atoms with Gasteiger partial charge in [-0.3, -0.25) is 5.10 Å². The van der Waals surface area contributed by atoms with E-state index in [0.717, 1.165) is 30.0 Å². The zero-order chi connectivity index (χ0) is 19.9. The van der Waals surface area contributed by atoms with Gasteiger partial charge in [-0.15, -0.1) is 0 Å². The quantitative estimate of drug-likeness (QED) is 0.543. The molecule has 4 rings (SSSR count). The van der Waals surface area contributed by atoms with Crippen LogP contribution >= 0.6 is 0 Å². The molecular weight excluding hydrogens is 371 g/mol. The first-order valence-corrected chi connectivity index (χ1v) is 8.19. The van der Waals surface area contributed by atoms with E-state index in [2.05, 4.69) is 37.2 Å². The number of fused-ring (bicyclic) bond motifs is 1. The first-order chi connectivity index (χ1) is 13.4. The minimum Gasteiger partial charge on any atom is -0.323 e. The van der Waals surface area contributed by atoms with Crippen LogP contribution in [0.1, 0.15) is 17.1 Å². The lowest BCUT2D eigenvalue weighted by atomic mass is 10.1. The summed E-state index contributed by atoms with van der Waals surface area (Å²) in [5, 5.41) is 14.2. The summed E-state index contributed by atoms with van der Waals surface area (Å²) in [5.41, 5.74) is 0.502. The summed E-state index contributed by atoms with van der Waals surface area (Å²) in [6.45, 7) is 5.41. The topological polar surface area (TPSA) is 84.3 Å². The third kappa shape index (κ3) is 2.98. The number of H-pyrrole nitrogens is 1. The molecule has 28 heavy (non-hydrogen) atoms. The van der Waals surface area contributed by atoms with Gasteiger partial charge in [0.25, 0.3) is 0 Å². The molecule has 0 radical (unpaired) electrons. The van der Waals surface area contributed by atoms with Gasteiger partial charge in [0.2, 0.25) is 5.82 Å². The van der Waals surface area contributed by atoms with E-state index in [1.54, 1.807) is 13.0 Å². The van der Waals surface area contributed by atoms with Crippen molar-refractivity contribution >= 4 is 28.9 Å². The number of hydrogen-bond donors (Lipinski definition) is 2. The van der Waals surface area contributed by atoms with Crippen LogP contribution in [0.3, 0.4) is 0 Å². The molecule has 0 unspecified atom stereocenters. The molecule has 10 heteroatoms. The number of benzene rings is 1. The van der Waals surface area contributed by atoms with Crippen molar-refractivity contribution in [2.75, 3.05) is 5.32 Å². The van der Waals surface area contributed by atoms with E-state index in [4.69, 9.17) is 0 Å². The minimum absolute atomic E-state index is 0.112. The van der Waals surface area contributed by atoms with Crippen LogP contribution in [-0.2, 0) is 5.92 Å². The van der Waals surface area contributed by atoms with Crippen LogP contribution in [0.2, 0.25) is 0 Å². The van der Waals surface area contributed by atoms with Gasteiger partial charge < -0.3 is 5.32 Å². The van der Waals surface area contributed by atoms with Crippen molar-refractivity contribution < 1.29 is 13.2 Å². The molecule has 0 atom stereocenters. The molecule has 0 saturated carbocycles. The van der Waals surface area contributed by atoms with Crippen molar-refractivity contribution in [1.29, 1.82) is 0 Å². The third-order valence-corrected chi connectivity index (χ3v) is 4.07. The van der Waals surface area contributed by atoms with Crippen LogP contribution in [0.25, 0.3) is 17.2 Å². The Labute approximate surface area is 156 Å². The molecule has 0 bridgehead atoms. The number of alkyl halides is 2. The summed E-state index contributed by atoms with van der Waals surface area (Å²) >= 11 is 0. The summed E-state index contributed by atoms with van der Waals surface area (Å²) in [7, 11) is 0. The Bertz CT molecular complexity index is 1160. The molecule has 0 aliphatic carbocycles. The average molecular weight is 385 g/mol. The van der Waals surface area contributed by atoms with Crippen molar-refractivity contribution in [1.82, 2.24) is 29.9 Å². The van der Waals surface area contributed by atoms with Gasteiger partial charge in [-0.1, -0.05) is 6.58 Å². The highest BCUT2D eigenvalue weighted by molar-refractivity contribution is 5.89. The lowest BCUT2D eigenvalue weighted by Crippen LogP contribution is -2.20. The maximum absolute atomic E-state index is 15.1. The SMILES string of the molecule is C=Cn1ncc2c(Nc3cc(C)[nH]n3)nc(C(F)(F)c3ccc(F)cc3)nc21. The average Bonchev–Trinajstić information content (AvgIpc) is 3.27. The van der Waals surface area contributed by atoms with Crippen molar-refractivity contribution in [3.05, 3.63) is 66.0 Å². The molecule has 1 aromatic carbocycles. The molecule has 3 heterocycles. The van der Waals surface area contributed by atoms with E-state index >= 15 is 8.78 Å². The van der Waals surface area contributed by atoms with Gasteiger partial charge in [-0.25, -0.2) is 19.0 Å². The Hall–Kier alpha value is -3.69. The van der Waals surface area contributed by atoms with Crippen LogP contribution in [0.5, 0.6) is 0 Å². The molecule has 4 aromatic rings. The van der Waals surface area contributed by atoms with E-state index in [1.807, 2.05) is 0 Å². The second-order valence-electron chi connectivity index (χ2n) is 6.05. The number of rotatable bonds is 5. The smallest absolute Gasteiger partial charge is 0.323 e. The molecule has 0 amide bonds. The number of aromatic nitrogens is 6. The van der Waals surface area contributed by atoms with E-state index < -0.39 is 23.1 Å². The third-order valence-electron chi connectivity index (χ3n) is 4.07. The first kappa shape index (κ1) is 17.7. The molecule has 7 nitrogen and oxygen atoms in total. The summed E-state index contributed by atoms with van der Waals surface area (Å²) in [6.07, 6.45) is 2.79. The Morgan fingerprint density at radius 3 is 2.61 bits per heavy atom. The summed E-state index contributed by atoms with van der Waals surface area (Å²) < 4.78 is 44.5. The molecule has 0 aliphatic heterocycles. The standard InChI is InChI=1S/C18H14F3N7/c1-3-28-16-13(9-22-28)15(23-14-8-10(2)26-27-14)24-17(25-16)18(20,21)11-4-6-12(19)7-5-11/h3-9H,1H2,2H3,(H2,23,24,25,26,27). The predicted molar refractivity (Wildman–Crippen MR) is 97.7 cm³/mol. The second kappa shape index (κ2) is 6.48. The van der Waals surface area contributed by atoms with Gasteiger partial charge in [0.1, 0.15) is 11.6 Å². The highest BCUT2D eigenvalue weighted by Gasteiger charge is 2.38. The van der Waals surface area contributed by atoms with Crippen molar-refractivity contribution in [2.45, 2.75) is 12.8 Å². The monoisotopic (exact) mass is 385 g/mol. The number of aryl methyl sites for hydroxylation is 1. The Morgan fingerprint density at radius 2 is 1.96 bits per heavy atom. The van der Waals surface area contributed by atoms with Crippen LogP contribution in [0.15, 0.2) is 43.1 Å². The molecule has 2 N–H and O–H groups in total. The molecule has 0 fully saturated rings. The molecule has 142 valence electrons. The van der Waals surface area contributed by atoms with E-state index in [-0.39, 0.29) is 11.5 Å². The van der Waals surface area contributed by atoms with Gasteiger partial charge in [-0.05, 0) is 31.2 Å².